The van der Waals surface area contributed by atoms with Crippen molar-refractivity contribution in [3.8, 4) is 0 Å². The summed E-state index contributed by atoms with van der Waals surface area (Å²) in [5, 5.41) is 2.79. The van der Waals surface area contributed by atoms with E-state index < -0.39 is 17.4 Å². The van der Waals surface area contributed by atoms with E-state index >= 15 is 0 Å². The molecule has 1 atom stereocenters. The van der Waals surface area contributed by atoms with Crippen molar-refractivity contribution in [2.24, 2.45) is 11.7 Å². The maximum Gasteiger partial charge on any atom is 0.252 e. The molecule has 2 amide bonds. The van der Waals surface area contributed by atoms with E-state index in [9.17, 15) is 14.4 Å². The number of hydrogen-bond acceptors (Lipinski definition) is 3. The summed E-state index contributed by atoms with van der Waals surface area (Å²) in [5.74, 6) is -1.02. The Kier molecular flexibility index (Phi) is 5.49. The molecule has 0 fully saturated rings. The molecule has 0 saturated carbocycles. The zero-order valence-electron chi connectivity index (χ0n) is 12.3. The molecular formula is C15H19ClN2O3. The summed E-state index contributed by atoms with van der Waals surface area (Å²) in [6.07, 6.45) is 0.909. The van der Waals surface area contributed by atoms with Gasteiger partial charge < -0.3 is 11.1 Å². The Balaban J connectivity index is 3.12. The number of halogens is 1. The highest BCUT2D eigenvalue weighted by atomic mass is 35.5. The van der Waals surface area contributed by atoms with Crippen LogP contribution < -0.4 is 11.1 Å². The number of aldehydes is 1. The Labute approximate surface area is 128 Å². The van der Waals surface area contributed by atoms with Gasteiger partial charge in [-0.2, -0.15) is 0 Å². The number of benzene rings is 1. The Hall–Kier alpha value is -1.88. The van der Waals surface area contributed by atoms with Crippen LogP contribution in [0.4, 0.5) is 0 Å². The van der Waals surface area contributed by atoms with Crippen molar-refractivity contribution in [2.75, 3.05) is 0 Å². The van der Waals surface area contributed by atoms with Crippen molar-refractivity contribution in [1.29, 1.82) is 0 Å². The van der Waals surface area contributed by atoms with Crippen LogP contribution in [-0.2, 0) is 4.79 Å². The molecule has 0 aliphatic carbocycles. The van der Waals surface area contributed by atoms with Gasteiger partial charge in [0.05, 0.1) is 10.6 Å². The number of nitrogens with two attached hydrogens (primary N) is 1. The second-order valence-corrected chi connectivity index (χ2v) is 5.97. The van der Waals surface area contributed by atoms with E-state index in [-0.39, 0.29) is 22.1 Å². The van der Waals surface area contributed by atoms with Gasteiger partial charge in [0, 0.05) is 5.56 Å². The number of carbonyl (C=O) groups is 3. The van der Waals surface area contributed by atoms with Gasteiger partial charge in [-0.1, -0.05) is 31.5 Å². The summed E-state index contributed by atoms with van der Waals surface area (Å²) in [4.78, 5) is 35.1. The summed E-state index contributed by atoms with van der Waals surface area (Å²) < 4.78 is 0. The van der Waals surface area contributed by atoms with Crippen LogP contribution >= 0.6 is 11.6 Å². The lowest BCUT2D eigenvalue weighted by Crippen LogP contribution is -2.56. The largest absolute Gasteiger partial charge is 0.368 e. The van der Waals surface area contributed by atoms with Gasteiger partial charge in [-0.15, -0.1) is 0 Å². The lowest BCUT2D eigenvalue weighted by atomic mass is 9.89. The normalized spacial score (nSPS) is 13.6. The van der Waals surface area contributed by atoms with Crippen LogP contribution in [0.15, 0.2) is 18.2 Å². The first-order valence-electron chi connectivity index (χ1n) is 6.57. The van der Waals surface area contributed by atoms with Gasteiger partial charge in [0.15, 0.2) is 6.29 Å². The molecule has 3 N–H and O–H groups in total. The second-order valence-electron chi connectivity index (χ2n) is 5.57. The fourth-order valence-electron chi connectivity index (χ4n) is 2.20. The minimum Gasteiger partial charge on any atom is -0.368 e. The molecule has 0 heterocycles. The van der Waals surface area contributed by atoms with Gasteiger partial charge in [0.2, 0.25) is 5.91 Å². The summed E-state index contributed by atoms with van der Waals surface area (Å²) >= 11 is 5.89. The molecular weight excluding hydrogens is 292 g/mol. The van der Waals surface area contributed by atoms with Crippen molar-refractivity contribution >= 4 is 29.7 Å². The third-order valence-corrected chi connectivity index (χ3v) is 3.49. The number of amides is 2. The SMILES string of the molecule is CC(C)CC(C)(NC(=O)c1cccc(Cl)c1C=O)C(N)=O. The van der Waals surface area contributed by atoms with E-state index in [0.29, 0.717) is 12.7 Å². The standard InChI is InChI=1S/C15H19ClN2O3/c1-9(2)7-15(3,14(17)21)18-13(20)10-5-4-6-12(16)11(10)8-19/h4-6,8-9H,7H2,1-3H3,(H2,17,21)(H,18,20). The van der Waals surface area contributed by atoms with Crippen LogP contribution in [0.25, 0.3) is 0 Å². The van der Waals surface area contributed by atoms with Crippen molar-refractivity contribution in [3.63, 3.8) is 0 Å². The third kappa shape index (κ3) is 4.04. The summed E-state index contributed by atoms with van der Waals surface area (Å²) in [6.45, 7) is 5.41. The van der Waals surface area contributed by atoms with E-state index in [4.69, 9.17) is 17.3 Å². The molecule has 0 bridgehead atoms. The van der Waals surface area contributed by atoms with E-state index in [1.54, 1.807) is 13.0 Å². The molecule has 0 spiro atoms. The number of nitrogens with one attached hydrogen (secondary N) is 1. The smallest absolute Gasteiger partial charge is 0.252 e. The Bertz CT molecular complexity index is 572. The fourth-order valence-corrected chi connectivity index (χ4v) is 2.42. The molecule has 1 aromatic carbocycles. The summed E-state index contributed by atoms with van der Waals surface area (Å²) in [7, 11) is 0. The average Bonchev–Trinajstić information content (AvgIpc) is 2.36. The fraction of sp³-hybridized carbons (Fsp3) is 0.400. The van der Waals surface area contributed by atoms with Gasteiger partial charge >= 0.3 is 0 Å². The number of carbonyl (C=O) groups excluding carboxylic acids is 3. The topological polar surface area (TPSA) is 89.3 Å². The zero-order chi connectivity index (χ0) is 16.2. The molecule has 5 nitrogen and oxygen atoms in total. The molecule has 0 saturated heterocycles. The van der Waals surface area contributed by atoms with E-state index in [2.05, 4.69) is 5.32 Å². The average molecular weight is 311 g/mol. The minimum absolute atomic E-state index is 0.0908. The van der Waals surface area contributed by atoms with Gasteiger partial charge in [0.1, 0.15) is 5.54 Å². The van der Waals surface area contributed by atoms with Crippen LogP contribution in [0.1, 0.15) is 47.9 Å². The Morgan fingerprint density at radius 3 is 2.52 bits per heavy atom. The molecule has 1 aromatic rings. The lowest BCUT2D eigenvalue weighted by Gasteiger charge is -2.29. The maximum atomic E-state index is 12.3. The van der Waals surface area contributed by atoms with Crippen LogP contribution in [-0.4, -0.2) is 23.6 Å². The second kappa shape index (κ2) is 6.72. The molecule has 0 aromatic heterocycles. The first-order valence-corrected chi connectivity index (χ1v) is 6.95. The van der Waals surface area contributed by atoms with Gasteiger partial charge in [-0.25, -0.2) is 0 Å². The molecule has 6 heteroatoms. The molecule has 0 radical (unpaired) electrons. The zero-order valence-corrected chi connectivity index (χ0v) is 13.0. The van der Waals surface area contributed by atoms with Crippen molar-refractivity contribution in [3.05, 3.63) is 34.3 Å². The first-order chi connectivity index (χ1) is 9.71. The monoisotopic (exact) mass is 310 g/mol. The number of primary amides is 1. The molecule has 1 unspecified atom stereocenters. The van der Waals surface area contributed by atoms with Gasteiger partial charge in [-0.3, -0.25) is 14.4 Å². The first kappa shape index (κ1) is 17.2. The minimum atomic E-state index is -1.19. The predicted molar refractivity (Wildman–Crippen MR) is 81.4 cm³/mol. The Morgan fingerprint density at radius 2 is 2.05 bits per heavy atom. The van der Waals surface area contributed by atoms with Gasteiger partial charge in [-0.05, 0) is 31.4 Å². The molecule has 0 aliphatic heterocycles. The lowest BCUT2D eigenvalue weighted by molar-refractivity contribution is -0.124. The highest BCUT2D eigenvalue weighted by Crippen LogP contribution is 2.21. The van der Waals surface area contributed by atoms with Crippen molar-refractivity contribution in [2.45, 2.75) is 32.7 Å². The highest BCUT2D eigenvalue weighted by molar-refractivity contribution is 6.33. The third-order valence-electron chi connectivity index (χ3n) is 3.17. The van der Waals surface area contributed by atoms with Gasteiger partial charge in [0.25, 0.3) is 5.91 Å². The molecule has 1 rings (SSSR count). The number of rotatable bonds is 6. The van der Waals surface area contributed by atoms with E-state index in [1.165, 1.54) is 12.1 Å². The van der Waals surface area contributed by atoms with E-state index in [0.717, 1.165) is 0 Å². The van der Waals surface area contributed by atoms with E-state index in [1.807, 2.05) is 13.8 Å². The molecule has 0 aliphatic rings. The van der Waals surface area contributed by atoms with Crippen LogP contribution in [0.3, 0.4) is 0 Å². The van der Waals surface area contributed by atoms with Crippen LogP contribution in [0, 0.1) is 5.92 Å². The van der Waals surface area contributed by atoms with Crippen molar-refractivity contribution in [1.82, 2.24) is 5.32 Å². The summed E-state index contributed by atoms with van der Waals surface area (Å²) in [6, 6.07) is 4.56. The number of hydrogen-bond donors (Lipinski definition) is 2. The van der Waals surface area contributed by atoms with Crippen LogP contribution in [0.2, 0.25) is 5.02 Å². The Morgan fingerprint density at radius 1 is 1.43 bits per heavy atom. The maximum absolute atomic E-state index is 12.3. The molecule has 21 heavy (non-hydrogen) atoms. The summed E-state index contributed by atoms with van der Waals surface area (Å²) in [5.41, 5.74) is 4.42. The highest BCUT2D eigenvalue weighted by Gasteiger charge is 2.34. The predicted octanol–water partition coefficient (Wildman–Crippen LogP) is 2.17. The van der Waals surface area contributed by atoms with Crippen LogP contribution in [0.5, 0.6) is 0 Å². The van der Waals surface area contributed by atoms with Crippen molar-refractivity contribution < 1.29 is 14.4 Å². The quantitative estimate of drug-likeness (QED) is 0.789. The molecule has 114 valence electrons.